The predicted octanol–water partition coefficient (Wildman–Crippen LogP) is 15.0. The van der Waals surface area contributed by atoms with Gasteiger partial charge >= 0.3 is 0 Å². The van der Waals surface area contributed by atoms with Crippen molar-refractivity contribution in [2.75, 3.05) is 9.80 Å². The van der Waals surface area contributed by atoms with Crippen LogP contribution in [0.1, 0.15) is 11.1 Å². The van der Waals surface area contributed by atoms with Crippen LogP contribution >= 0.6 is 0 Å². The maximum atomic E-state index is 7.17. The van der Waals surface area contributed by atoms with E-state index in [4.69, 9.17) is 9.15 Å². The summed E-state index contributed by atoms with van der Waals surface area (Å²) in [6.07, 6.45) is 0.771. The SMILES string of the molecule is c1ccc(N(c2ccccc2)c2ccc3oc4ccc(-c5cc6c7c8c(cccc58)-c5ccccc5Cc5cccc(c5O7)N6c5ccccc5)cc4c3c2)cc1. The zero-order valence-electron chi connectivity index (χ0n) is 30.9. The highest BCUT2D eigenvalue weighted by molar-refractivity contribution is 6.15. The number of rotatable bonds is 5. The molecule has 1 aromatic heterocycles. The Labute approximate surface area is 330 Å². The van der Waals surface area contributed by atoms with Gasteiger partial charge in [0.2, 0.25) is 0 Å². The molecule has 0 saturated heterocycles. The molecule has 2 bridgehead atoms. The molecule has 0 fully saturated rings. The van der Waals surface area contributed by atoms with Gasteiger partial charge in [0.05, 0.1) is 11.4 Å². The molecule has 10 aromatic rings. The van der Waals surface area contributed by atoms with Crippen molar-refractivity contribution in [3.05, 3.63) is 205 Å². The molecular weight excluding hydrogens is 697 g/mol. The average Bonchev–Trinajstić information content (AvgIpc) is 3.66. The molecule has 4 nitrogen and oxygen atoms in total. The van der Waals surface area contributed by atoms with Crippen molar-refractivity contribution in [2.24, 2.45) is 0 Å². The van der Waals surface area contributed by atoms with Crippen molar-refractivity contribution in [3.8, 4) is 33.8 Å². The second-order valence-electron chi connectivity index (χ2n) is 14.9. The Balaban J connectivity index is 1.12. The summed E-state index contributed by atoms with van der Waals surface area (Å²) in [5.41, 5.74) is 15.2. The van der Waals surface area contributed by atoms with Crippen LogP contribution < -0.4 is 14.5 Å². The first-order chi connectivity index (χ1) is 28.3. The minimum atomic E-state index is 0.771. The number of ether oxygens (including phenoxy) is 1. The molecule has 0 aliphatic carbocycles. The fourth-order valence-electron chi connectivity index (χ4n) is 9.07. The van der Waals surface area contributed by atoms with Crippen LogP contribution in [0, 0.1) is 0 Å². The van der Waals surface area contributed by atoms with E-state index < -0.39 is 0 Å². The molecule has 0 amide bonds. The van der Waals surface area contributed by atoms with Gasteiger partial charge in [-0.3, -0.25) is 0 Å². The van der Waals surface area contributed by atoms with E-state index in [1.165, 1.54) is 22.3 Å². The van der Waals surface area contributed by atoms with Crippen LogP contribution in [0.15, 0.2) is 199 Å². The van der Waals surface area contributed by atoms with Gasteiger partial charge in [-0.25, -0.2) is 0 Å². The van der Waals surface area contributed by atoms with Crippen LogP contribution in [0.5, 0.6) is 11.5 Å². The van der Waals surface area contributed by atoms with Crippen molar-refractivity contribution in [3.63, 3.8) is 0 Å². The molecule has 12 rings (SSSR count). The first-order valence-corrected chi connectivity index (χ1v) is 19.5. The molecule has 268 valence electrons. The van der Waals surface area contributed by atoms with Gasteiger partial charge in [-0.15, -0.1) is 0 Å². The van der Waals surface area contributed by atoms with Gasteiger partial charge < -0.3 is 19.0 Å². The van der Waals surface area contributed by atoms with E-state index in [0.29, 0.717) is 0 Å². The minimum Gasteiger partial charge on any atom is -0.456 e. The molecule has 0 unspecified atom stereocenters. The van der Waals surface area contributed by atoms with E-state index in [1.54, 1.807) is 0 Å². The highest BCUT2D eigenvalue weighted by atomic mass is 16.5. The second-order valence-corrected chi connectivity index (χ2v) is 14.9. The lowest BCUT2D eigenvalue weighted by Crippen LogP contribution is -2.17. The minimum absolute atomic E-state index is 0.771. The normalized spacial score (nSPS) is 12.6. The number of fused-ring (bicyclic) bond motifs is 5. The van der Waals surface area contributed by atoms with Crippen LogP contribution in [-0.2, 0) is 6.42 Å². The summed E-state index contributed by atoms with van der Waals surface area (Å²) in [4.78, 5) is 4.68. The lowest BCUT2D eigenvalue weighted by molar-refractivity contribution is 0.477. The molecule has 9 aromatic carbocycles. The topological polar surface area (TPSA) is 28.9 Å². The number of hydrogen-bond donors (Lipinski definition) is 0. The Morgan fingerprint density at radius 2 is 1.07 bits per heavy atom. The van der Waals surface area contributed by atoms with Gasteiger partial charge in [0.25, 0.3) is 0 Å². The molecule has 2 aliphatic heterocycles. The van der Waals surface area contributed by atoms with E-state index in [-0.39, 0.29) is 0 Å². The van der Waals surface area contributed by atoms with E-state index in [2.05, 4.69) is 204 Å². The van der Waals surface area contributed by atoms with Crippen LogP contribution in [0.4, 0.5) is 34.1 Å². The van der Waals surface area contributed by atoms with Crippen molar-refractivity contribution >= 4 is 66.8 Å². The van der Waals surface area contributed by atoms with Crippen molar-refractivity contribution in [2.45, 2.75) is 6.42 Å². The van der Waals surface area contributed by atoms with Gasteiger partial charge in [0.1, 0.15) is 11.2 Å². The quantitative estimate of drug-likeness (QED) is 0.176. The van der Waals surface area contributed by atoms with Crippen LogP contribution in [-0.4, -0.2) is 0 Å². The summed E-state index contributed by atoms with van der Waals surface area (Å²) in [7, 11) is 0. The van der Waals surface area contributed by atoms with E-state index in [0.717, 1.165) is 95.9 Å². The molecule has 0 N–H and O–H groups in total. The molecule has 57 heavy (non-hydrogen) atoms. The van der Waals surface area contributed by atoms with E-state index in [1.807, 2.05) is 0 Å². The Morgan fingerprint density at radius 1 is 0.421 bits per heavy atom. The highest BCUT2D eigenvalue weighted by Gasteiger charge is 2.33. The fraction of sp³-hybridized carbons (Fsp3) is 0.0189. The van der Waals surface area contributed by atoms with E-state index in [9.17, 15) is 0 Å². The molecule has 3 heterocycles. The Kier molecular flexibility index (Phi) is 6.96. The van der Waals surface area contributed by atoms with Gasteiger partial charge in [-0.1, -0.05) is 115 Å². The molecular formula is C53H34N2O2. The predicted molar refractivity (Wildman–Crippen MR) is 234 cm³/mol. The van der Waals surface area contributed by atoms with Crippen molar-refractivity contribution < 1.29 is 9.15 Å². The first-order valence-electron chi connectivity index (χ1n) is 19.5. The summed E-state index contributed by atoms with van der Waals surface area (Å²) in [5.74, 6) is 1.79. The molecule has 0 spiro atoms. The summed E-state index contributed by atoms with van der Waals surface area (Å²) < 4.78 is 13.7. The molecule has 2 aliphatic rings. The summed E-state index contributed by atoms with van der Waals surface area (Å²) in [6, 6.07) is 69.3. The van der Waals surface area contributed by atoms with Crippen molar-refractivity contribution in [1.29, 1.82) is 0 Å². The largest absolute Gasteiger partial charge is 0.456 e. The first kappa shape index (κ1) is 31.8. The zero-order chi connectivity index (χ0) is 37.5. The summed E-state index contributed by atoms with van der Waals surface area (Å²) >= 11 is 0. The summed E-state index contributed by atoms with van der Waals surface area (Å²) in [6.45, 7) is 0. The second kappa shape index (κ2) is 12.5. The number of para-hydroxylation sites is 4. The third-order valence-electron chi connectivity index (χ3n) is 11.6. The highest BCUT2D eigenvalue weighted by Crippen LogP contribution is 2.58. The number of nitrogens with zero attached hydrogens (tertiary/aromatic N) is 2. The number of hydrogen-bond acceptors (Lipinski definition) is 4. The van der Waals surface area contributed by atoms with Crippen LogP contribution in [0.2, 0.25) is 0 Å². The van der Waals surface area contributed by atoms with E-state index >= 15 is 0 Å². The number of anilines is 6. The van der Waals surface area contributed by atoms with Gasteiger partial charge in [-0.2, -0.15) is 0 Å². The molecule has 0 atom stereocenters. The third-order valence-corrected chi connectivity index (χ3v) is 11.6. The monoisotopic (exact) mass is 730 g/mol. The molecule has 4 heteroatoms. The standard InChI is InChI=1S/C53H34N2O2/c1-4-16-37(17-5-1)54(38-18-6-2-7-19-38)40-27-29-50-46(32-40)45-31-35(26-28-49(45)56-50)44-33-48-53-51-42(23-13-24-43(44)51)41-22-11-10-14-34(41)30-36-15-12-25-47(52(36)57-53)55(48)39-20-8-3-9-21-39/h1-29,31-33H,30H2. The zero-order valence-corrected chi connectivity index (χ0v) is 30.9. The van der Waals surface area contributed by atoms with Crippen LogP contribution in [0.3, 0.4) is 0 Å². The summed E-state index contributed by atoms with van der Waals surface area (Å²) in [5, 5.41) is 4.40. The average molecular weight is 731 g/mol. The maximum Gasteiger partial charge on any atom is 0.160 e. The molecule has 0 saturated carbocycles. The Bertz CT molecular complexity index is 3150. The van der Waals surface area contributed by atoms with Gasteiger partial charge in [-0.05, 0) is 112 Å². The van der Waals surface area contributed by atoms with Gasteiger partial charge in [0, 0.05) is 50.9 Å². The third kappa shape index (κ3) is 4.94. The Hall–Kier alpha value is -7.56. The lowest BCUT2D eigenvalue weighted by Gasteiger charge is -2.35. The Morgan fingerprint density at radius 3 is 1.86 bits per heavy atom. The lowest BCUT2D eigenvalue weighted by atomic mass is 9.88. The number of benzene rings is 9. The fourth-order valence-corrected chi connectivity index (χ4v) is 9.07. The smallest absolute Gasteiger partial charge is 0.160 e. The van der Waals surface area contributed by atoms with Crippen LogP contribution in [0.25, 0.3) is 55.0 Å². The van der Waals surface area contributed by atoms with Gasteiger partial charge in [0.15, 0.2) is 11.5 Å². The maximum absolute atomic E-state index is 7.17. The molecule has 0 radical (unpaired) electrons. The number of furan rings is 1. The van der Waals surface area contributed by atoms with Crippen molar-refractivity contribution in [1.82, 2.24) is 0 Å².